The van der Waals surface area contributed by atoms with Crippen LogP contribution in [0.4, 0.5) is 0 Å². The molecule has 0 aliphatic rings. The zero-order chi connectivity index (χ0) is 10.7. The van der Waals surface area contributed by atoms with E-state index in [1.54, 1.807) is 6.20 Å². The third-order valence-corrected chi connectivity index (χ3v) is 1.09. The fourth-order valence-electron chi connectivity index (χ4n) is 0.597. The summed E-state index contributed by atoms with van der Waals surface area (Å²) in [6.07, 6.45) is 3.74. The molecule has 0 saturated heterocycles. The number of hydrogen-bond acceptors (Lipinski definition) is 2. The first-order valence-corrected chi connectivity index (χ1v) is 4.86. The highest BCUT2D eigenvalue weighted by Gasteiger charge is 1.86. The Kier molecular flexibility index (Phi) is 12.1. The van der Waals surface area contributed by atoms with Crippen LogP contribution in [0.15, 0.2) is 17.2 Å². The van der Waals surface area contributed by atoms with E-state index in [9.17, 15) is 4.79 Å². The Hall–Kier alpha value is -1.12. The minimum atomic E-state index is -0.130. The molecule has 13 heavy (non-hydrogen) atoms. The van der Waals surface area contributed by atoms with Crippen molar-refractivity contribution >= 4 is 0 Å². The first-order chi connectivity index (χ1) is 6.33. The fraction of sp³-hybridized carbons (Fsp3) is 0.600. The molecule has 1 N–H and O–H groups in total. The van der Waals surface area contributed by atoms with Crippen LogP contribution in [0, 0.1) is 0 Å². The molecule has 0 radical (unpaired) electrons. The summed E-state index contributed by atoms with van der Waals surface area (Å²) in [6, 6.07) is 0. The zero-order valence-electron chi connectivity index (χ0n) is 9.22. The van der Waals surface area contributed by atoms with Gasteiger partial charge in [-0.1, -0.05) is 34.6 Å². The van der Waals surface area contributed by atoms with Gasteiger partial charge in [-0.05, 0) is 6.42 Å². The van der Waals surface area contributed by atoms with E-state index in [0.717, 1.165) is 12.1 Å². The van der Waals surface area contributed by atoms with Crippen molar-refractivity contribution in [2.75, 3.05) is 0 Å². The maximum Gasteiger partial charge on any atom is 0.266 e. The molecule has 0 bridgehead atoms. The third kappa shape index (κ3) is 7.25. The van der Waals surface area contributed by atoms with Crippen molar-refractivity contribution in [2.24, 2.45) is 0 Å². The van der Waals surface area contributed by atoms with Gasteiger partial charge in [-0.3, -0.25) is 9.78 Å². The van der Waals surface area contributed by atoms with Crippen LogP contribution in [0.25, 0.3) is 0 Å². The highest BCUT2D eigenvalue weighted by molar-refractivity contribution is 4.93. The molecule has 1 aromatic heterocycles. The van der Waals surface area contributed by atoms with Crippen molar-refractivity contribution in [3.05, 3.63) is 28.4 Å². The van der Waals surface area contributed by atoms with Crippen molar-refractivity contribution in [2.45, 2.75) is 41.0 Å². The fourth-order valence-corrected chi connectivity index (χ4v) is 0.597. The lowest BCUT2D eigenvalue weighted by atomic mass is 10.4. The largest absolute Gasteiger partial charge is 0.323 e. The molecule has 1 heterocycles. The van der Waals surface area contributed by atoms with Gasteiger partial charge in [0, 0.05) is 11.9 Å². The molecule has 0 aromatic carbocycles. The molecular weight excluding hydrogens is 164 g/mol. The van der Waals surface area contributed by atoms with E-state index >= 15 is 0 Å². The topological polar surface area (TPSA) is 45.8 Å². The Balaban J connectivity index is 0. The number of rotatable bonds is 1. The molecule has 1 aromatic rings. The monoisotopic (exact) mass is 184 g/mol. The normalized spacial score (nSPS) is 7.46. The van der Waals surface area contributed by atoms with Crippen LogP contribution in [0.1, 0.15) is 40.3 Å². The molecule has 1 rings (SSSR count). The van der Waals surface area contributed by atoms with Crippen molar-refractivity contribution in [1.82, 2.24) is 9.97 Å². The van der Waals surface area contributed by atoms with E-state index < -0.39 is 0 Å². The number of H-pyrrole nitrogens is 1. The van der Waals surface area contributed by atoms with Crippen LogP contribution >= 0.6 is 0 Å². The van der Waals surface area contributed by atoms with Crippen LogP contribution in [0.5, 0.6) is 0 Å². The molecule has 0 fully saturated rings. The summed E-state index contributed by atoms with van der Waals surface area (Å²) in [7, 11) is 0. The Morgan fingerprint density at radius 1 is 1.23 bits per heavy atom. The van der Waals surface area contributed by atoms with E-state index in [4.69, 9.17) is 0 Å². The lowest BCUT2D eigenvalue weighted by molar-refractivity contribution is 0.973. The molecule has 3 heteroatoms. The molecule has 0 saturated carbocycles. The molecule has 0 spiro atoms. The van der Waals surface area contributed by atoms with Crippen molar-refractivity contribution in [1.29, 1.82) is 0 Å². The Labute approximate surface area is 80.2 Å². The second kappa shape index (κ2) is 10.9. The van der Waals surface area contributed by atoms with Crippen LogP contribution in [0.2, 0.25) is 0 Å². The number of aromatic nitrogens is 2. The number of nitrogens with one attached hydrogen (secondary N) is 1. The first-order valence-electron chi connectivity index (χ1n) is 4.86. The maximum atomic E-state index is 10.5. The smallest absolute Gasteiger partial charge is 0.266 e. The molecule has 0 amide bonds. The van der Waals surface area contributed by atoms with Crippen molar-refractivity contribution < 1.29 is 0 Å². The van der Waals surface area contributed by atoms with Gasteiger partial charge in [0.2, 0.25) is 0 Å². The van der Waals surface area contributed by atoms with E-state index in [1.165, 1.54) is 6.20 Å². The summed E-state index contributed by atoms with van der Waals surface area (Å²) in [5, 5.41) is 0. The summed E-state index contributed by atoms with van der Waals surface area (Å²) >= 11 is 0. The third-order valence-electron chi connectivity index (χ3n) is 1.09. The highest BCUT2D eigenvalue weighted by atomic mass is 16.1. The Morgan fingerprint density at radius 2 is 1.77 bits per heavy atom. The maximum absolute atomic E-state index is 10.5. The van der Waals surface area contributed by atoms with Crippen LogP contribution in [-0.2, 0) is 6.42 Å². The number of nitrogens with zero attached hydrogens (tertiary/aromatic N) is 1. The predicted octanol–water partition coefficient (Wildman–Crippen LogP) is 2.38. The lowest BCUT2D eigenvalue weighted by Crippen LogP contribution is -2.07. The van der Waals surface area contributed by atoms with E-state index in [2.05, 4.69) is 9.97 Å². The molecular formula is C10H20N2O. The standard InChI is InChI=1S/C6H8N2O.2C2H6/c1-2-5-3-7-4-6(9)8-5;2*1-2/h3-4H,2H2,1H3,(H,8,9);2*1-2H3. The summed E-state index contributed by atoms with van der Waals surface area (Å²) in [6.45, 7) is 9.97. The van der Waals surface area contributed by atoms with Crippen LogP contribution in [0.3, 0.4) is 0 Å². The van der Waals surface area contributed by atoms with Crippen LogP contribution < -0.4 is 5.56 Å². The minimum Gasteiger partial charge on any atom is -0.323 e. The zero-order valence-corrected chi connectivity index (χ0v) is 9.22. The van der Waals surface area contributed by atoms with Gasteiger partial charge < -0.3 is 4.98 Å². The van der Waals surface area contributed by atoms with Crippen molar-refractivity contribution in [3.8, 4) is 0 Å². The second-order valence-electron chi connectivity index (χ2n) is 1.78. The van der Waals surface area contributed by atoms with E-state index in [0.29, 0.717) is 0 Å². The van der Waals surface area contributed by atoms with E-state index in [1.807, 2.05) is 34.6 Å². The molecule has 3 nitrogen and oxygen atoms in total. The van der Waals surface area contributed by atoms with Gasteiger partial charge in [-0.15, -0.1) is 0 Å². The average Bonchev–Trinajstić information content (AvgIpc) is 2.24. The number of hydrogen-bond donors (Lipinski definition) is 1. The van der Waals surface area contributed by atoms with Gasteiger partial charge in [-0.25, -0.2) is 0 Å². The summed E-state index contributed by atoms with van der Waals surface area (Å²) in [5.41, 5.74) is 0.747. The Morgan fingerprint density at radius 3 is 2.08 bits per heavy atom. The van der Waals surface area contributed by atoms with Crippen LogP contribution in [-0.4, -0.2) is 9.97 Å². The molecule has 0 unspecified atom stereocenters. The highest BCUT2D eigenvalue weighted by Crippen LogP contribution is 1.84. The predicted molar refractivity (Wildman–Crippen MR) is 56.9 cm³/mol. The molecule has 0 atom stereocenters. The second-order valence-corrected chi connectivity index (χ2v) is 1.78. The van der Waals surface area contributed by atoms with Gasteiger partial charge in [0.15, 0.2) is 0 Å². The average molecular weight is 184 g/mol. The molecule has 76 valence electrons. The van der Waals surface area contributed by atoms with Crippen molar-refractivity contribution in [3.63, 3.8) is 0 Å². The Bertz CT molecular complexity index is 243. The summed E-state index contributed by atoms with van der Waals surface area (Å²) < 4.78 is 0. The summed E-state index contributed by atoms with van der Waals surface area (Å²) in [4.78, 5) is 16.9. The van der Waals surface area contributed by atoms with Gasteiger partial charge in [0.05, 0.1) is 6.20 Å². The van der Waals surface area contributed by atoms with E-state index in [-0.39, 0.29) is 5.56 Å². The molecule has 0 aliphatic carbocycles. The number of aromatic amines is 1. The number of aryl methyl sites for hydroxylation is 1. The van der Waals surface area contributed by atoms with Gasteiger partial charge in [0.25, 0.3) is 5.56 Å². The van der Waals surface area contributed by atoms with Gasteiger partial charge in [-0.2, -0.15) is 0 Å². The molecule has 0 aliphatic heterocycles. The lowest BCUT2D eigenvalue weighted by Gasteiger charge is -1.90. The van der Waals surface area contributed by atoms with Gasteiger partial charge in [0.1, 0.15) is 0 Å². The van der Waals surface area contributed by atoms with Gasteiger partial charge >= 0.3 is 0 Å². The SMILES string of the molecule is CC.CC.CCc1cncc(=O)[nH]1. The quantitative estimate of drug-likeness (QED) is 0.728. The first kappa shape index (κ1) is 14.4. The minimum absolute atomic E-state index is 0.130. The summed E-state index contributed by atoms with van der Waals surface area (Å²) in [5.74, 6) is 0.